The molecule has 1 aromatic rings. The van der Waals surface area contributed by atoms with Gasteiger partial charge < -0.3 is 15.3 Å². The molecule has 24 heavy (non-hydrogen) atoms. The molecule has 1 aromatic carbocycles. The summed E-state index contributed by atoms with van der Waals surface area (Å²) in [5, 5.41) is 10.6. The summed E-state index contributed by atoms with van der Waals surface area (Å²) in [7, 11) is 0. The number of carboxylic acids is 1. The van der Waals surface area contributed by atoms with Crippen molar-refractivity contribution in [2.75, 3.05) is 11.4 Å². The third kappa shape index (κ3) is 4.46. The lowest BCUT2D eigenvalue weighted by Gasteiger charge is -2.29. The number of carbonyl (C=O) groups excluding carboxylic acids is 2. The van der Waals surface area contributed by atoms with Crippen molar-refractivity contribution in [3.63, 3.8) is 0 Å². The van der Waals surface area contributed by atoms with Crippen LogP contribution in [0.3, 0.4) is 0 Å². The van der Waals surface area contributed by atoms with Gasteiger partial charge in [-0.15, -0.1) is 0 Å². The van der Waals surface area contributed by atoms with Crippen LogP contribution in [0.5, 0.6) is 0 Å². The van der Waals surface area contributed by atoms with Gasteiger partial charge in [0, 0.05) is 12.1 Å². The topological polar surface area (TPSA) is 86.7 Å². The van der Waals surface area contributed by atoms with Crippen molar-refractivity contribution in [2.45, 2.75) is 31.5 Å². The van der Waals surface area contributed by atoms with Crippen molar-refractivity contribution in [3.8, 4) is 0 Å². The van der Waals surface area contributed by atoms with Crippen molar-refractivity contribution in [3.05, 3.63) is 29.8 Å². The third-order valence-corrected chi connectivity index (χ3v) is 3.56. The van der Waals surface area contributed by atoms with Crippen LogP contribution in [0.25, 0.3) is 0 Å². The molecule has 6 nitrogen and oxygen atoms in total. The van der Waals surface area contributed by atoms with Crippen LogP contribution in [-0.4, -0.2) is 41.7 Å². The molecule has 1 heterocycles. The first kappa shape index (κ1) is 17.8. The van der Waals surface area contributed by atoms with Crippen LogP contribution >= 0.6 is 0 Å². The Morgan fingerprint density at radius 3 is 2.54 bits per heavy atom. The number of anilines is 1. The van der Waals surface area contributed by atoms with E-state index in [2.05, 4.69) is 0 Å². The second-order valence-electron chi connectivity index (χ2n) is 5.39. The van der Waals surface area contributed by atoms with Crippen LogP contribution in [0.4, 0.5) is 18.9 Å². The zero-order valence-electron chi connectivity index (χ0n) is 12.5. The normalized spacial score (nSPS) is 15.6. The van der Waals surface area contributed by atoms with E-state index in [1.165, 1.54) is 0 Å². The van der Waals surface area contributed by atoms with E-state index in [9.17, 15) is 27.6 Å². The number of halogens is 3. The number of aliphatic carboxylic acids is 1. The van der Waals surface area contributed by atoms with Gasteiger partial charge in [0.2, 0.25) is 11.8 Å². The summed E-state index contributed by atoms with van der Waals surface area (Å²) >= 11 is 0. The molecule has 0 radical (unpaired) electrons. The predicted octanol–water partition coefficient (Wildman–Crippen LogP) is 1.49. The van der Waals surface area contributed by atoms with E-state index in [0.717, 1.165) is 10.5 Å². The Morgan fingerprint density at radius 2 is 1.92 bits per heavy atom. The Morgan fingerprint density at radius 1 is 1.25 bits per heavy atom. The molecule has 130 valence electrons. The third-order valence-electron chi connectivity index (χ3n) is 3.56. The first-order valence-electron chi connectivity index (χ1n) is 7.14. The van der Waals surface area contributed by atoms with Crippen LogP contribution < -0.4 is 10.2 Å². The number of hydrogen-bond acceptors (Lipinski definition) is 3. The number of nitrogens with zero attached hydrogens (tertiary/aromatic N) is 1. The van der Waals surface area contributed by atoms with Crippen molar-refractivity contribution < 1.29 is 32.7 Å². The molecule has 1 aliphatic heterocycles. The molecular formula is C15H15F3N2O4. The SMILES string of the molecule is O=C(CN1C(=O)CCc2ccccc21)NC(CC(F)(F)F)C(=O)O. The number of carboxylic acid groups (broad SMARTS) is 1. The van der Waals surface area contributed by atoms with Crippen molar-refractivity contribution in [1.82, 2.24) is 5.32 Å². The number of alkyl halides is 3. The highest BCUT2D eigenvalue weighted by atomic mass is 19.4. The van der Waals surface area contributed by atoms with Gasteiger partial charge in [0.05, 0.1) is 6.42 Å². The van der Waals surface area contributed by atoms with Crippen molar-refractivity contribution >= 4 is 23.5 Å². The minimum absolute atomic E-state index is 0.176. The monoisotopic (exact) mass is 344 g/mol. The lowest BCUT2D eigenvalue weighted by Crippen LogP contribution is -2.49. The van der Waals surface area contributed by atoms with Crippen molar-refractivity contribution in [1.29, 1.82) is 0 Å². The summed E-state index contributed by atoms with van der Waals surface area (Å²) < 4.78 is 37.1. The minimum atomic E-state index is -4.73. The summed E-state index contributed by atoms with van der Waals surface area (Å²) in [6.07, 6.45) is -5.73. The summed E-state index contributed by atoms with van der Waals surface area (Å²) in [6.45, 7) is -0.530. The Bertz CT molecular complexity index is 660. The highest BCUT2D eigenvalue weighted by Gasteiger charge is 2.36. The molecule has 0 bridgehead atoms. The van der Waals surface area contributed by atoms with E-state index in [0.29, 0.717) is 12.1 Å². The standard InChI is InChI=1S/C15H15F3N2O4/c16-15(17,18)7-10(14(23)24)19-12(21)8-20-11-4-2-1-3-9(11)5-6-13(20)22/h1-4,10H,5-8H2,(H,19,21)(H,23,24). The van der Waals surface area contributed by atoms with E-state index >= 15 is 0 Å². The predicted molar refractivity (Wildman–Crippen MR) is 77.4 cm³/mol. The van der Waals surface area contributed by atoms with Crippen LogP contribution in [0.15, 0.2) is 24.3 Å². The molecule has 2 amide bonds. The Hall–Kier alpha value is -2.58. The first-order chi connectivity index (χ1) is 11.2. The van der Waals surface area contributed by atoms with Gasteiger partial charge in [-0.2, -0.15) is 13.2 Å². The molecule has 0 fully saturated rings. The minimum Gasteiger partial charge on any atom is -0.480 e. The largest absolute Gasteiger partial charge is 0.480 e. The van der Waals surface area contributed by atoms with E-state index in [1.807, 2.05) is 5.32 Å². The van der Waals surface area contributed by atoms with Crippen LogP contribution in [0.1, 0.15) is 18.4 Å². The lowest BCUT2D eigenvalue weighted by atomic mass is 10.0. The number of hydrogen-bond donors (Lipinski definition) is 2. The Balaban J connectivity index is 2.08. The number of benzene rings is 1. The van der Waals surface area contributed by atoms with Crippen LogP contribution in [0, 0.1) is 0 Å². The van der Waals surface area contributed by atoms with Crippen LogP contribution in [0.2, 0.25) is 0 Å². The molecule has 0 aliphatic carbocycles. The number of para-hydroxylation sites is 1. The van der Waals surface area contributed by atoms with Crippen LogP contribution in [-0.2, 0) is 20.8 Å². The van der Waals surface area contributed by atoms with Gasteiger partial charge in [-0.3, -0.25) is 9.59 Å². The molecule has 0 spiro atoms. The fourth-order valence-electron chi connectivity index (χ4n) is 2.48. The number of nitrogens with one attached hydrogen (secondary N) is 1. The lowest BCUT2D eigenvalue weighted by molar-refractivity contribution is -0.159. The maximum Gasteiger partial charge on any atom is 0.391 e. The maximum atomic E-state index is 12.4. The Kier molecular flexibility index (Phi) is 5.10. The van der Waals surface area contributed by atoms with E-state index in [-0.39, 0.29) is 12.3 Å². The number of aryl methyl sites for hydroxylation is 1. The zero-order chi connectivity index (χ0) is 17.9. The molecule has 2 N–H and O–H groups in total. The van der Waals surface area contributed by atoms with E-state index in [4.69, 9.17) is 5.11 Å². The van der Waals surface area contributed by atoms with Gasteiger partial charge >= 0.3 is 12.1 Å². The summed E-state index contributed by atoms with van der Waals surface area (Å²) in [5.41, 5.74) is 1.35. The second kappa shape index (κ2) is 6.90. The van der Waals surface area contributed by atoms with E-state index in [1.54, 1.807) is 24.3 Å². The first-order valence-corrected chi connectivity index (χ1v) is 7.14. The smallest absolute Gasteiger partial charge is 0.391 e. The van der Waals surface area contributed by atoms with Gasteiger partial charge in [0.15, 0.2) is 0 Å². The fourth-order valence-corrected chi connectivity index (χ4v) is 2.48. The van der Waals surface area contributed by atoms with Crippen molar-refractivity contribution in [2.24, 2.45) is 0 Å². The average molecular weight is 344 g/mol. The number of fused-ring (bicyclic) bond motifs is 1. The average Bonchev–Trinajstić information content (AvgIpc) is 2.48. The zero-order valence-corrected chi connectivity index (χ0v) is 12.5. The number of carbonyl (C=O) groups is 3. The molecule has 1 aliphatic rings. The molecular weight excluding hydrogens is 329 g/mol. The summed E-state index contributed by atoms with van der Waals surface area (Å²) in [5.74, 6) is -3.09. The maximum absolute atomic E-state index is 12.4. The van der Waals surface area contributed by atoms with Gasteiger partial charge in [-0.25, -0.2) is 4.79 Å². The quantitative estimate of drug-likeness (QED) is 0.847. The molecule has 2 rings (SSSR count). The highest BCUT2D eigenvalue weighted by Crippen LogP contribution is 2.27. The highest BCUT2D eigenvalue weighted by molar-refractivity contribution is 6.01. The molecule has 9 heteroatoms. The van der Waals surface area contributed by atoms with E-state index < -0.39 is 37.1 Å². The van der Waals surface area contributed by atoms with Gasteiger partial charge in [-0.1, -0.05) is 18.2 Å². The van der Waals surface area contributed by atoms with Gasteiger partial charge in [0.1, 0.15) is 12.6 Å². The molecule has 0 aromatic heterocycles. The molecule has 0 saturated carbocycles. The Labute approximate surface area is 135 Å². The summed E-state index contributed by atoms with van der Waals surface area (Å²) in [6, 6.07) is 4.77. The molecule has 0 saturated heterocycles. The summed E-state index contributed by atoms with van der Waals surface area (Å²) in [4.78, 5) is 35.9. The molecule has 1 unspecified atom stereocenters. The fraction of sp³-hybridized carbons (Fsp3) is 0.400. The second-order valence-corrected chi connectivity index (χ2v) is 5.39. The molecule has 1 atom stereocenters. The van der Waals surface area contributed by atoms with Gasteiger partial charge in [0.25, 0.3) is 0 Å². The number of amides is 2. The van der Waals surface area contributed by atoms with Gasteiger partial charge in [-0.05, 0) is 18.1 Å². The number of rotatable bonds is 5.